The summed E-state index contributed by atoms with van der Waals surface area (Å²) in [4.78, 5) is 0. The zero-order valence-corrected chi connectivity index (χ0v) is 10.3. The first kappa shape index (κ1) is 15.0. The molecule has 0 aliphatic rings. The maximum absolute atomic E-state index is 9.45. The Kier molecular flexibility index (Phi) is 9.92. The minimum absolute atomic E-state index is 0.767. The number of hydrogen-bond acceptors (Lipinski definition) is 2. The van der Waals surface area contributed by atoms with Gasteiger partial charge in [-0.3, -0.25) is 0 Å². The molecule has 0 aliphatic carbocycles. The van der Waals surface area contributed by atoms with Crippen LogP contribution in [0.2, 0.25) is 0 Å². The summed E-state index contributed by atoms with van der Waals surface area (Å²) in [6.45, 7) is 4.18. The van der Waals surface area contributed by atoms with E-state index in [0.717, 1.165) is 38.5 Å². The Morgan fingerprint density at radius 1 is 0.812 bits per heavy atom. The number of aliphatic hydroxyl groups is 2. The molecule has 0 bridgehead atoms. The molecular formula is C14H22O2. The fraction of sp³-hybridized carbons (Fsp3) is 0.714. The first-order valence-electron chi connectivity index (χ1n) is 6.05. The van der Waals surface area contributed by atoms with Crippen molar-refractivity contribution >= 4 is 0 Å². The highest BCUT2D eigenvalue weighted by atomic mass is 16.3. The molecule has 0 saturated carbocycles. The number of aliphatic hydroxyl groups excluding tert-OH is 2. The monoisotopic (exact) mass is 222 g/mol. The lowest BCUT2D eigenvalue weighted by Crippen LogP contribution is -2.22. The van der Waals surface area contributed by atoms with E-state index in [0.29, 0.717) is 0 Å². The molecule has 0 fully saturated rings. The summed E-state index contributed by atoms with van der Waals surface area (Å²) in [5.41, 5.74) is 0. The maximum Gasteiger partial charge on any atom is 0.151 e. The SMILES string of the molecule is CCCCC#CC(O)C(O)C#CCCCC. The quantitative estimate of drug-likeness (QED) is 0.552. The highest BCUT2D eigenvalue weighted by Crippen LogP contribution is 1.95. The standard InChI is InChI=1S/C14H22O2/c1-3-5-7-9-11-13(15)14(16)12-10-8-6-4-2/h13-16H,3-8H2,1-2H3. The molecule has 0 heterocycles. The first-order valence-corrected chi connectivity index (χ1v) is 6.05. The predicted molar refractivity (Wildman–Crippen MR) is 66.6 cm³/mol. The molecule has 0 aliphatic heterocycles. The summed E-state index contributed by atoms with van der Waals surface area (Å²) in [5.74, 6) is 10.9. The molecule has 0 aromatic rings. The van der Waals surface area contributed by atoms with Crippen LogP contribution in [0.4, 0.5) is 0 Å². The molecular weight excluding hydrogens is 200 g/mol. The topological polar surface area (TPSA) is 40.5 Å². The molecule has 0 aromatic carbocycles. The van der Waals surface area contributed by atoms with Crippen molar-refractivity contribution in [1.82, 2.24) is 0 Å². The largest absolute Gasteiger partial charge is 0.377 e. The second-order valence-electron chi connectivity index (χ2n) is 3.74. The van der Waals surface area contributed by atoms with Gasteiger partial charge in [0.2, 0.25) is 0 Å². The van der Waals surface area contributed by atoms with E-state index in [-0.39, 0.29) is 0 Å². The van der Waals surface area contributed by atoms with Crippen LogP contribution in [0.25, 0.3) is 0 Å². The van der Waals surface area contributed by atoms with Gasteiger partial charge >= 0.3 is 0 Å². The van der Waals surface area contributed by atoms with Gasteiger partial charge in [0.15, 0.2) is 12.2 Å². The van der Waals surface area contributed by atoms with Crippen molar-refractivity contribution in [3.05, 3.63) is 0 Å². The van der Waals surface area contributed by atoms with E-state index >= 15 is 0 Å². The van der Waals surface area contributed by atoms with Crippen LogP contribution >= 0.6 is 0 Å². The van der Waals surface area contributed by atoms with Gasteiger partial charge in [0.25, 0.3) is 0 Å². The fourth-order valence-electron chi connectivity index (χ4n) is 1.04. The lowest BCUT2D eigenvalue weighted by atomic mass is 10.2. The van der Waals surface area contributed by atoms with Crippen molar-refractivity contribution in [2.75, 3.05) is 0 Å². The molecule has 2 unspecified atom stereocenters. The van der Waals surface area contributed by atoms with Gasteiger partial charge in [0.1, 0.15) is 0 Å². The molecule has 0 aromatic heterocycles. The zero-order chi connectivity index (χ0) is 12.2. The van der Waals surface area contributed by atoms with Crippen LogP contribution in [0.1, 0.15) is 52.4 Å². The normalized spacial score (nSPS) is 13.0. The molecule has 2 nitrogen and oxygen atoms in total. The van der Waals surface area contributed by atoms with Gasteiger partial charge in [-0.05, 0) is 12.8 Å². The van der Waals surface area contributed by atoms with Crippen molar-refractivity contribution < 1.29 is 10.2 Å². The van der Waals surface area contributed by atoms with Gasteiger partial charge in [0.05, 0.1) is 0 Å². The Bertz CT molecular complexity index is 245. The summed E-state index contributed by atoms with van der Waals surface area (Å²) in [6, 6.07) is 0. The Labute approximate surface area is 99.1 Å². The van der Waals surface area contributed by atoms with Crippen molar-refractivity contribution in [3.63, 3.8) is 0 Å². The third kappa shape index (κ3) is 8.36. The van der Waals surface area contributed by atoms with Gasteiger partial charge in [-0.25, -0.2) is 0 Å². The van der Waals surface area contributed by atoms with Crippen LogP contribution in [-0.4, -0.2) is 22.4 Å². The molecule has 0 spiro atoms. The average molecular weight is 222 g/mol. The Morgan fingerprint density at radius 3 is 1.50 bits per heavy atom. The van der Waals surface area contributed by atoms with Crippen molar-refractivity contribution in [2.24, 2.45) is 0 Å². The lowest BCUT2D eigenvalue weighted by molar-refractivity contribution is 0.0931. The fourth-order valence-corrected chi connectivity index (χ4v) is 1.04. The van der Waals surface area contributed by atoms with E-state index < -0.39 is 12.2 Å². The molecule has 16 heavy (non-hydrogen) atoms. The number of unbranched alkanes of at least 4 members (excludes halogenated alkanes) is 4. The van der Waals surface area contributed by atoms with Crippen molar-refractivity contribution in [1.29, 1.82) is 0 Å². The average Bonchev–Trinajstić information content (AvgIpc) is 2.29. The molecule has 0 amide bonds. The Morgan fingerprint density at radius 2 is 1.19 bits per heavy atom. The zero-order valence-electron chi connectivity index (χ0n) is 10.3. The van der Waals surface area contributed by atoms with Crippen molar-refractivity contribution in [3.8, 4) is 23.7 Å². The summed E-state index contributed by atoms with van der Waals surface area (Å²) in [6.07, 6.45) is 3.69. The molecule has 0 radical (unpaired) electrons. The van der Waals surface area contributed by atoms with Gasteiger partial charge in [-0.2, -0.15) is 0 Å². The number of hydrogen-bond donors (Lipinski definition) is 2. The summed E-state index contributed by atoms with van der Waals surface area (Å²) in [5, 5.41) is 18.9. The van der Waals surface area contributed by atoms with Crippen LogP contribution in [0, 0.1) is 23.7 Å². The molecule has 90 valence electrons. The van der Waals surface area contributed by atoms with E-state index in [9.17, 15) is 10.2 Å². The third-order valence-electron chi connectivity index (χ3n) is 2.11. The van der Waals surface area contributed by atoms with Crippen LogP contribution in [0.3, 0.4) is 0 Å². The molecule has 2 N–H and O–H groups in total. The van der Waals surface area contributed by atoms with Gasteiger partial charge < -0.3 is 10.2 Å². The van der Waals surface area contributed by atoms with Crippen LogP contribution in [0.15, 0.2) is 0 Å². The Hall–Kier alpha value is -0.960. The van der Waals surface area contributed by atoms with Gasteiger partial charge in [-0.1, -0.05) is 38.5 Å². The van der Waals surface area contributed by atoms with Gasteiger partial charge in [-0.15, -0.1) is 11.8 Å². The van der Waals surface area contributed by atoms with E-state index in [1.165, 1.54) is 0 Å². The van der Waals surface area contributed by atoms with Crippen LogP contribution < -0.4 is 0 Å². The summed E-state index contributed by atoms with van der Waals surface area (Å²) in [7, 11) is 0. The highest BCUT2D eigenvalue weighted by Gasteiger charge is 2.08. The highest BCUT2D eigenvalue weighted by molar-refractivity contribution is 5.15. The smallest absolute Gasteiger partial charge is 0.151 e. The molecule has 0 rings (SSSR count). The second kappa shape index (κ2) is 10.6. The predicted octanol–water partition coefficient (Wildman–Crippen LogP) is 2.10. The minimum atomic E-state index is -1.04. The Balaban J connectivity index is 3.89. The van der Waals surface area contributed by atoms with E-state index in [1.54, 1.807) is 0 Å². The minimum Gasteiger partial charge on any atom is -0.377 e. The number of rotatable bonds is 5. The first-order chi connectivity index (χ1) is 7.72. The van der Waals surface area contributed by atoms with Crippen molar-refractivity contribution in [2.45, 2.75) is 64.6 Å². The maximum atomic E-state index is 9.45. The molecule has 0 saturated heterocycles. The molecule has 2 atom stereocenters. The summed E-state index contributed by atoms with van der Waals surface area (Å²) < 4.78 is 0. The van der Waals surface area contributed by atoms with Gasteiger partial charge in [0, 0.05) is 12.8 Å². The molecule has 2 heteroatoms. The van der Waals surface area contributed by atoms with Crippen LogP contribution in [-0.2, 0) is 0 Å². The lowest BCUT2D eigenvalue weighted by Gasteiger charge is -2.04. The summed E-state index contributed by atoms with van der Waals surface area (Å²) >= 11 is 0. The third-order valence-corrected chi connectivity index (χ3v) is 2.11. The van der Waals surface area contributed by atoms with E-state index in [2.05, 4.69) is 37.5 Å². The van der Waals surface area contributed by atoms with Crippen LogP contribution in [0.5, 0.6) is 0 Å². The van der Waals surface area contributed by atoms with E-state index in [4.69, 9.17) is 0 Å². The second-order valence-corrected chi connectivity index (χ2v) is 3.74. The van der Waals surface area contributed by atoms with E-state index in [1.807, 2.05) is 0 Å².